The van der Waals surface area contributed by atoms with Crippen LogP contribution >= 0.6 is 11.8 Å². The Morgan fingerprint density at radius 1 is 0.971 bits per heavy atom. The van der Waals surface area contributed by atoms with Crippen LogP contribution in [0.3, 0.4) is 0 Å². The van der Waals surface area contributed by atoms with E-state index in [0.717, 1.165) is 15.4 Å². The number of ether oxygens (including phenoxy) is 1. The zero-order chi connectivity index (χ0) is 25.7. The van der Waals surface area contributed by atoms with Gasteiger partial charge in [0.1, 0.15) is 6.54 Å². The summed E-state index contributed by atoms with van der Waals surface area (Å²) in [6, 6.07) is 16.0. The highest BCUT2D eigenvalue weighted by Crippen LogP contribution is 2.16. The lowest BCUT2D eigenvalue weighted by molar-refractivity contribution is -0.143. The molecule has 0 saturated carbocycles. The van der Waals surface area contributed by atoms with Crippen molar-refractivity contribution < 1.29 is 27.5 Å². The molecule has 0 saturated heterocycles. The smallest absolute Gasteiger partial charge is 0.321 e. The fourth-order valence-electron chi connectivity index (χ4n) is 2.94. The first-order chi connectivity index (χ1) is 16.7. The monoisotopic (exact) mass is 521 g/mol. The highest BCUT2D eigenvalue weighted by atomic mass is 32.2. The Morgan fingerprint density at radius 3 is 2.31 bits per heavy atom. The molecule has 0 aliphatic rings. The number of hydrogen-bond acceptors (Lipinski definition) is 7. The van der Waals surface area contributed by atoms with Crippen molar-refractivity contribution in [3.8, 4) is 0 Å². The third-order valence-corrected chi connectivity index (χ3v) is 7.61. The lowest BCUT2D eigenvalue weighted by atomic mass is 10.2. The molecule has 11 heteroatoms. The number of thioether (sulfide) groups is 1. The molecule has 0 bridgehead atoms. The van der Waals surface area contributed by atoms with Crippen LogP contribution < -0.4 is 10.6 Å². The predicted molar refractivity (Wildman–Crippen MR) is 135 cm³/mol. The van der Waals surface area contributed by atoms with Crippen LogP contribution in [0, 0.1) is 6.92 Å². The van der Waals surface area contributed by atoms with E-state index >= 15 is 0 Å². The number of benzene rings is 2. The normalized spacial score (nSPS) is 11.2. The van der Waals surface area contributed by atoms with Crippen LogP contribution in [0.1, 0.15) is 18.1 Å². The van der Waals surface area contributed by atoms with Crippen LogP contribution in [0.5, 0.6) is 0 Å². The highest BCUT2D eigenvalue weighted by molar-refractivity contribution is 7.99. The number of carbonyl (C=O) groups excluding carboxylic acids is 3. The van der Waals surface area contributed by atoms with Gasteiger partial charge in [-0.15, -0.1) is 11.8 Å². The fraction of sp³-hybridized carbons (Fsp3) is 0.375. The van der Waals surface area contributed by atoms with Crippen molar-refractivity contribution in [3.63, 3.8) is 0 Å². The van der Waals surface area contributed by atoms with Gasteiger partial charge in [0.25, 0.3) is 0 Å². The number of rotatable bonds is 14. The van der Waals surface area contributed by atoms with Crippen molar-refractivity contribution in [3.05, 3.63) is 65.7 Å². The van der Waals surface area contributed by atoms with E-state index in [1.807, 2.05) is 37.3 Å². The van der Waals surface area contributed by atoms with Gasteiger partial charge in [0.2, 0.25) is 21.8 Å². The minimum atomic E-state index is -3.98. The standard InChI is InChI=1S/C24H31N3O6S2/c1-3-33-24(30)16-27(35(31,32)21-11-9-19(2)10-12-21)14-13-25-22(28)15-26-23(29)18-34-17-20-7-5-4-6-8-20/h4-12H,3,13-18H2,1-2H3,(H,25,28)(H,26,29). The first-order valence-corrected chi connectivity index (χ1v) is 13.7. The third-order valence-electron chi connectivity index (χ3n) is 4.74. The van der Waals surface area contributed by atoms with Gasteiger partial charge in [-0.3, -0.25) is 14.4 Å². The number of carbonyl (C=O) groups is 3. The number of amides is 2. The second-order valence-corrected chi connectivity index (χ2v) is 10.5. The van der Waals surface area contributed by atoms with E-state index in [2.05, 4.69) is 10.6 Å². The van der Waals surface area contributed by atoms with Crippen LogP contribution in [0.2, 0.25) is 0 Å². The van der Waals surface area contributed by atoms with E-state index in [1.165, 1.54) is 23.9 Å². The van der Waals surface area contributed by atoms with E-state index in [4.69, 9.17) is 4.74 Å². The molecule has 0 spiro atoms. The maximum Gasteiger partial charge on any atom is 0.321 e. The van der Waals surface area contributed by atoms with Gasteiger partial charge in [-0.2, -0.15) is 4.31 Å². The molecule has 0 fully saturated rings. The topological polar surface area (TPSA) is 122 Å². The second kappa shape index (κ2) is 14.5. The molecule has 0 aromatic heterocycles. The Morgan fingerprint density at radius 2 is 1.66 bits per heavy atom. The summed E-state index contributed by atoms with van der Waals surface area (Å²) >= 11 is 1.44. The number of nitrogens with one attached hydrogen (secondary N) is 2. The third kappa shape index (κ3) is 10.1. The molecular formula is C24H31N3O6S2. The van der Waals surface area contributed by atoms with Crippen molar-refractivity contribution in [1.82, 2.24) is 14.9 Å². The Bertz CT molecular complexity index is 1080. The van der Waals surface area contributed by atoms with Crippen molar-refractivity contribution in [2.45, 2.75) is 24.5 Å². The minimum Gasteiger partial charge on any atom is -0.465 e. The Kier molecular flexibility index (Phi) is 11.7. The lowest BCUT2D eigenvalue weighted by Gasteiger charge is -2.21. The molecule has 2 aromatic rings. The van der Waals surface area contributed by atoms with E-state index < -0.39 is 28.4 Å². The molecule has 2 amide bonds. The summed E-state index contributed by atoms with van der Waals surface area (Å²) in [5.74, 6) is -0.520. The number of hydrogen-bond donors (Lipinski definition) is 2. The molecule has 0 aliphatic heterocycles. The van der Waals surface area contributed by atoms with Gasteiger partial charge in [-0.05, 0) is 31.5 Å². The molecule has 0 heterocycles. The zero-order valence-corrected chi connectivity index (χ0v) is 21.5. The van der Waals surface area contributed by atoms with E-state index in [1.54, 1.807) is 19.1 Å². The lowest BCUT2D eigenvalue weighted by Crippen LogP contribution is -2.44. The second-order valence-electron chi connectivity index (χ2n) is 7.56. The van der Waals surface area contributed by atoms with Crippen LogP contribution in [-0.2, 0) is 34.9 Å². The quantitative estimate of drug-likeness (QED) is 0.363. The molecule has 2 aromatic carbocycles. The number of aryl methyl sites for hydroxylation is 1. The number of esters is 1. The van der Waals surface area contributed by atoms with Crippen LogP contribution in [0.4, 0.5) is 0 Å². The molecule has 2 rings (SSSR count). The molecular weight excluding hydrogens is 490 g/mol. The van der Waals surface area contributed by atoms with Crippen LogP contribution in [0.25, 0.3) is 0 Å². The summed E-state index contributed by atoms with van der Waals surface area (Å²) in [4.78, 5) is 36.1. The Balaban J connectivity index is 1.82. The molecule has 0 atom stereocenters. The molecule has 2 N–H and O–H groups in total. The predicted octanol–water partition coefficient (Wildman–Crippen LogP) is 1.71. The Hall–Kier alpha value is -2.89. The summed E-state index contributed by atoms with van der Waals surface area (Å²) in [6.45, 7) is 2.71. The average molecular weight is 522 g/mol. The van der Waals surface area contributed by atoms with Crippen LogP contribution in [0.15, 0.2) is 59.5 Å². The minimum absolute atomic E-state index is 0.0397. The van der Waals surface area contributed by atoms with Gasteiger partial charge in [-0.25, -0.2) is 8.42 Å². The maximum atomic E-state index is 13.0. The van der Waals surface area contributed by atoms with Gasteiger partial charge in [0.05, 0.1) is 23.8 Å². The molecule has 9 nitrogen and oxygen atoms in total. The maximum absolute atomic E-state index is 13.0. The van der Waals surface area contributed by atoms with E-state index in [0.29, 0.717) is 5.75 Å². The summed E-state index contributed by atoms with van der Waals surface area (Å²) in [5, 5.41) is 5.11. The van der Waals surface area contributed by atoms with Gasteiger partial charge in [-0.1, -0.05) is 48.0 Å². The van der Waals surface area contributed by atoms with Gasteiger partial charge >= 0.3 is 5.97 Å². The molecule has 0 radical (unpaired) electrons. The zero-order valence-electron chi connectivity index (χ0n) is 19.9. The van der Waals surface area contributed by atoms with Crippen molar-refractivity contribution in [2.75, 3.05) is 38.5 Å². The van der Waals surface area contributed by atoms with E-state index in [9.17, 15) is 22.8 Å². The SMILES string of the molecule is CCOC(=O)CN(CCNC(=O)CNC(=O)CSCc1ccccc1)S(=O)(=O)c1ccc(C)cc1. The molecule has 190 valence electrons. The molecule has 0 aliphatic carbocycles. The first kappa shape index (κ1) is 28.3. The summed E-state index contributed by atoms with van der Waals surface area (Å²) in [6.07, 6.45) is 0. The van der Waals surface area contributed by atoms with Crippen LogP contribution in [-0.4, -0.2) is 69.0 Å². The van der Waals surface area contributed by atoms with Crippen molar-refractivity contribution in [2.24, 2.45) is 0 Å². The number of nitrogens with zero attached hydrogens (tertiary/aromatic N) is 1. The van der Waals surface area contributed by atoms with Gasteiger partial charge < -0.3 is 15.4 Å². The highest BCUT2D eigenvalue weighted by Gasteiger charge is 2.27. The first-order valence-electron chi connectivity index (χ1n) is 11.1. The van der Waals surface area contributed by atoms with Gasteiger partial charge in [0, 0.05) is 18.8 Å². The average Bonchev–Trinajstić information content (AvgIpc) is 2.83. The Labute approximate surface area is 210 Å². The number of sulfonamides is 1. The fourth-order valence-corrected chi connectivity index (χ4v) is 5.15. The molecule has 35 heavy (non-hydrogen) atoms. The molecule has 0 unspecified atom stereocenters. The van der Waals surface area contributed by atoms with Crippen molar-refractivity contribution >= 4 is 39.6 Å². The summed E-state index contributed by atoms with van der Waals surface area (Å²) in [7, 11) is -3.98. The summed E-state index contributed by atoms with van der Waals surface area (Å²) < 4.78 is 31.9. The van der Waals surface area contributed by atoms with Gasteiger partial charge in [0.15, 0.2) is 0 Å². The van der Waals surface area contributed by atoms with E-state index in [-0.39, 0.29) is 42.8 Å². The summed E-state index contributed by atoms with van der Waals surface area (Å²) in [5.41, 5.74) is 2.00. The van der Waals surface area contributed by atoms with Crippen molar-refractivity contribution in [1.29, 1.82) is 0 Å². The largest absolute Gasteiger partial charge is 0.465 e.